The number of ether oxygens (including phenoxy) is 4. The highest BCUT2D eigenvalue weighted by molar-refractivity contribution is 8.00. The van der Waals surface area contributed by atoms with Crippen molar-refractivity contribution in [2.45, 2.75) is 88.5 Å². The summed E-state index contributed by atoms with van der Waals surface area (Å²) < 4.78 is 20.5. The normalized spacial score (nSPS) is 12.8. The molecular weight excluding hydrogens is 851 g/mol. The number of primary amides is 1. The Morgan fingerprint density at radius 3 is 1.62 bits per heavy atom. The summed E-state index contributed by atoms with van der Waals surface area (Å²) in [7, 11) is 0. The van der Waals surface area contributed by atoms with E-state index in [0.717, 1.165) is 16.7 Å². The van der Waals surface area contributed by atoms with Crippen molar-refractivity contribution in [1.29, 1.82) is 0 Å². The second-order valence-electron chi connectivity index (χ2n) is 16.8. The van der Waals surface area contributed by atoms with Gasteiger partial charge in [-0.05, 0) is 82.3 Å². The maximum absolute atomic E-state index is 14.1. The van der Waals surface area contributed by atoms with Crippen molar-refractivity contribution < 1.29 is 47.7 Å². The summed E-state index contributed by atoms with van der Waals surface area (Å²) >= 11 is 1.42. The van der Waals surface area contributed by atoms with E-state index in [1.165, 1.54) is 30.0 Å². The molecule has 0 aliphatic rings. The van der Waals surface area contributed by atoms with Crippen molar-refractivity contribution in [2.24, 2.45) is 5.73 Å². The molecule has 0 aliphatic heterocycles. The number of thioether (sulfide) groups is 1. The van der Waals surface area contributed by atoms with Gasteiger partial charge in [-0.15, -0.1) is 11.8 Å². The predicted octanol–water partition coefficient (Wildman–Crippen LogP) is 6.92. The van der Waals surface area contributed by atoms with Crippen molar-refractivity contribution in [3.8, 4) is 5.75 Å². The number of esters is 1. The van der Waals surface area contributed by atoms with Crippen LogP contribution in [0.3, 0.4) is 0 Å². The van der Waals surface area contributed by atoms with Crippen LogP contribution < -0.4 is 31.7 Å². The monoisotopic (exact) mass is 909 g/mol. The number of alkyl carbamates (subject to hydrolysis) is 2. The molecule has 0 aromatic heterocycles. The number of carbonyl (C=O) groups excluding carboxylic acids is 6. The molecule has 4 aromatic rings. The maximum Gasteiger partial charge on any atom is 0.413 e. The molecule has 15 nitrogen and oxygen atoms in total. The zero-order chi connectivity index (χ0) is 47.6. The van der Waals surface area contributed by atoms with Gasteiger partial charge in [0, 0.05) is 18.7 Å². The van der Waals surface area contributed by atoms with Crippen LogP contribution >= 0.6 is 11.8 Å². The number of rotatable bonds is 20. The second-order valence-corrected chi connectivity index (χ2v) is 18.1. The minimum absolute atomic E-state index is 0.0110. The van der Waals surface area contributed by atoms with E-state index in [1.54, 1.807) is 53.7 Å². The van der Waals surface area contributed by atoms with Crippen molar-refractivity contribution in [1.82, 2.24) is 21.3 Å². The number of amides is 5. The Morgan fingerprint density at radius 2 is 1.14 bits per heavy atom. The van der Waals surface area contributed by atoms with E-state index < -0.39 is 70.1 Å². The molecule has 0 bridgehead atoms. The molecule has 0 heterocycles. The highest BCUT2D eigenvalue weighted by Crippen LogP contribution is 2.48. The van der Waals surface area contributed by atoms with E-state index in [-0.39, 0.29) is 37.5 Å². The second kappa shape index (κ2) is 23.8. The third-order valence-corrected chi connectivity index (χ3v) is 10.9. The van der Waals surface area contributed by atoms with Crippen LogP contribution in [0.15, 0.2) is 128 Å². The molecular formula is C49H59N5O10S. The van der Waals surface area contributed by atoms with Gasteiger partial charge in [-0.1, -0.05) is 116 Å². The van der Waals surface area contributed by atoms with Gasteiger partial charge in [0.1, 0.15) is 41.7 Å². The number of nitrogens with one attached hydrogen (secondary N) is 4. The van der Waals surface area contributed by atoms with E-state index in [2.05, 4.69) is 27.8 Å². The fraction of sp³-hybridized carbons (Fsp3) is 0.347. The fourth-order valence-corrected chi connectivity index (χ4v) is 8.01. The van der Waals surface area contributed by atoms with Crippen molar-refractivity contribution in [3.63, 3.8) is 0 Å². The first-order valence-electron chi connectivity index (χ1n) is 21.0. The molecule has 0 radical (unpaired) electrons. The van der Waals surface area contributed by atoms with Gasteiger partial charge in [-0.25, -0.2) is 19.2 Å². The largest absolute Gasteiger partial charge is 0.460 e. The SMILES string of the molecule is C=CCOC(=O)[C@H](Cc1ccc(OC(=O)N[C@@H](CCNC(=O)OC(C)(C)C)C(=O)N[C@@H](CSC(c2ccccc2)(c2ccccc2)c2ccccc2)C(N)=O)cc1)NC(=O)OC(C)(C)C. The van der Waals surface area contributed by atoms with E-state index in [1.807, 2.05) is 91.0 Å². The average Bonchev–Trinajstić information content (AvgIpc) is 3.25. The summed E-state index contributed by atoms with van der Waals surface area (Å²) in [5, 5.41) is 10.4. The highest BCUT2D eigenvalue weighted by Gasteiger charge is 2.39. The fourth-order valence-electron chi connectivity index (χ4n) is 6.44. The summed E-state index contributed by atoms with van der Waals surface area (Å²) in [5.41, 5.74) is 7.73. The van der Waals surface area contributed by atoms with E-state index >= 15 is 0 Å². The van der Waals surface area contributed by atoms with Crippen LogP contribution in [0.2, 0.25) is 0 Å². The Morgan fingerprint density at radius 1 is 0.646 bits per heavy atom. The van der Waals surface area contributed by atoms with Gasteiger partial charge in [0.15, 0.2) is 0 Å². The summed E-state index contributed by atoms with van der Waals surface area (Å²) in [4.78, 5) is 78.4. The van der Waals surface area contributed by atoms with Gasteiger partial charge in [0.25, 0.3) is 0 Å². The molecule has 5 amide bonds. The minimum Gasteiger partial charge on any atom is -0.460 e. The standard InChI is InChI=1S/C49H59N5O10S/c1-8-30-61-43(57)39(54-46(60)64-48(5,6)7)31-33-24-26-37(27-25-33)62-45(59)53-38(28-29-51-44(58)63-47(2,3)4)42(56)52-40(41(50)55)32-65-49(34-18-12-9-13-19-34,35-20-14-10-15-21-35)36-22-16-11-17-23-36/h8-27,38-40H,1,28-32H2,2-7H3,(H2,50,55)(H,51,58)(H,52,56)(H,53,59)(H,54,60)/t38-,39-,40-/m0/s1. The molecule has 0 saturated carbocycles. The van der Waals surface area contributed by atoms with Crippen LogP contribution in [0.5, 0.6) is 5.75 Å². The molecule has 3 atom stereocenters. The van der Waals surface area contributed by atoms with Crippen LogP contribution in [0.1, 0.15) is 70.2 Å². The van der Waals surface area contributed by atoms with E-state index in [4.69, 9.17) is 24.7 Å². The summed E-state index contributed by atoms with van der Waals surface area (Å²) in [5.74, 6) is -2.17. The summed E-state index contributed by atoms with van der Waals surface area (Å²) in [6, 6.07) is 31.8. The lowest BCUT2D eigenvalue weighted by Crippen LogP contribution is -2.55. The molecule has 4 aromatic carbocycles. The van der Waals surface area contributed by atoms with Crippen LogP contribution in [0.25, 0.3) is 0 Å². The molecule has 6 N–H and O–H groups in total. The van der Waals surface area contributed by atoms with Crippen molar-refractivity contribution in [2.75, 3.05) is 18.9 Å². The van der Waals surface area contributed by atoms with Gasteiger partial charge in [0.2, 0.25) is 11.8 Å². The van der Waals surface area contributed by atoms with E-state index in [9.17, 15) is 28.8 Å². The zero-order valence-corrected chi connectivity index (χ0v) is 38.4. The van der Waals surface area contributed by atoms with Crippen LogP contribution in [0.4, 0.5) is 14.4 Å². The quantitative estimate of drug-likeness (QED) is 0.0266. The van der Waals surface area contributed by atoms with Gasteiger partial charge in [-0.3, -0.25) is 9.59 Å². The molecule has 0 unspecified atom stereocenters. The molecule has 0 saturated heterocycles. The lowest BCUT2D eigenvalue weighted by atomic mass is 9.84. The topological polar surface area (TPSA) is 213 Å². The molecule has 4 rings (SSSR count). The first-order chi connectivity index (χ1) is 30.8. The Bertz CT molecular complexity index is 2120. The van der Waals surface area contributed by atoms with Gasteiger partial charge in [-0.2, -0.15) is 0 Å². The average molecular weight is 910 g/mol. The minimum atomic E-state index is -1.33. The lowest BCUT2D eigenvalue weighted by molar-refractivity contribution is -0.144. The summed E-state index contributed by atoms with van der Waals surface area (Å²) in [6.07, 6.45) is -1.29. The Kier molecular flexibility index (Phi) is 18.6. The highest BCUT2D eigenvalue weighted by atomic mass is 32.2. The molecule has 0 fully saturated rings. The van der Waals surface area contributed by atoms with Crippen molar-refractivity contribution in [3.05, 3.63) is 150 Å². The maximum atomic E-state index is 14.1. The van der Waals surface area contributed by atoms with Crippen LogP contribution in [-0.4, -0.2) is 84.3 Å². The van der Waals surface area contributed by atoms with Crippen molar-refractivity contribution >= 4 is 47.8 Å². The number of hydrogen-bond donors (Lipinski definition) is 5. The smallest absolute Gasteiger partial charge is 0.413 e. The number of benzene rings is 4. The molecule has 16 heteroatoms. The van der Waals surface area contributed by atoms with Gasteiger partial charge < -0.3 is 45.9 Å². The first-order valence-corrected chi connectivity index (χ1v) is 22.0. The third kappa shape index (κ3) is 16.4. The predicted molar refractivity (Wildman–Crippen MR) is 249 cm³/mol. The van der Waals surface area contributed by atoms with Gasteiger partial charge >= 0.3 is 24.2 Å². The Balaban J connectivity index is 1.53. The Hall–Kier alpha value is -6.81. The molecule has 0 aliphatic carbocycles. The molecule has 65 heavy (non-hydrogen) atoms. The lowest BCUT2D eigenvalue weighted by Gasteiger charge is -2.36. The molecule has 0 spiro atoms. The third-order valence-electron chi connectivity index (χ3n) is 9.27. The first kappa shape index (κ1) is 50.8. The Labute approximate surface area is 384 Å². The zero-order valence-electron chi connectivity index (χ0n) is 37.6. The summed E-state index contributed by atoms with van der Waals surface area (Å²) in [6.45, 7) is 13.5. The van der Waals surface area contributed by atoms with E-state index in [0.29, 0.717) is 5.56 Å². The number of hydrogen-bond acceptors (Lipinski definition) is 11. The van der Waals surface area contributed by atoms with Gasteiger partial charge in [0.05, 0.1) is 4.75 Å². The van der Waals surface area contributed by atoms with Crippen LogP contribution in [0, 0.1) is 0 Å². The van der Waals surface area contributed by atoms with Crippen LogP contribution in [-0.2, 0) is 39.8 Å². The number of carbonyl (C=O) groups is 6. The number of nitrogens with two attached hydrogens (primary N) is 1. The molecule has 346 valence electrons.